The minimum atomic E-state index is -0.553. The van der Waals surface area contributed by atoms with Crippen molar-refractivity contribution in [2.24, 2.45) is 5.10 Å². The first-order valence-electron chi connectivity index (χ1n) is 8.25. The lowest BCUT2D eigenvalue weighted by molar-refractivity contribution is -0.386. The second-order valence-electron chi connectivity index (χ2n) is 6.06. The van der Waals surface area contributed by atoms with E-state index in [0.717, 1.165) is 5.56 Å². The molecule has 2 aromatic carbocycles. The molecule has 0 fully saturated rings. The van der Waals surface area contributed by atoms with E-state index >= 15 is 0 Å². The van der Waals surface area contributed by atoms with Crippen molar-refractivity contribution in [1.29, 1.82) is 0 Å². The smallest absolute Gasteiger partial charge is 0.315 e. The van der Waals surface area contributed by atoms with Crippen LogP contribution in [0.3, 0.4) is 0 Å². The van der Waals surface area contributed by atoms with Gasteiger partial charge in [-0.3, -0.25) is 14.9 Å². The summed E-state index contributed by atoms with van der Waals surface area (Å²) in [5, 5.41) is 15.2. The summed E-state index contributed by atoms with van der Waals surface area (Å²) in [6, 6.07) is 9.87. The number of amides is 1. The van der Waals surface area contributed by atoms with Gasteiger partial charge in [-0.1, -0.05) is 17.7 Å². The Balaban J connectivity index is 2.23. The Labute approximate surface area is 157 Å². The van der Waals surface area contributed by atoms with Gasteiger partial charge >= 0.3 is 5.69 Å². The molecule has 2 aromatic rings. The molecule has 0 atom stereocenters. The zero-order valence-electron chi connectivity index (χ0n) is 15.6. The highest BCUT2D eigenvalue weighted by Gasteiger charge is 2.23. The fourth-order valence-electron chi connectivity index (χ4n) is 2.26. The van der Waals surface area contributed by atoms with Crippen LogP contribution in [0.25, 0.3) is 0 Å². The van der Waals surface area contributed by atoms with Crippen molar-refractivity contribution in [3.05, 3.63) is 63.2 Å². The molecular weight excluding hydrogens is 350 g/mol. The number of benzene rings is 2. The van der Waals surface area contributed by atoms with Gasteiger partial charge in [-0.15, -0.1) is 0 Å². The molecule has 1 N–H and O–H groups in total. The van der Waals surface area contributed by atoms with Crippen molar-refractivity contribution < 1.29 is 19.2 Å². The minimum absolute atomic E-state index is 0.0540. The summed E-state index contributed by atoms with van der Waals surface area (Å²) >= 11 is 0. The van der Waals surface area contributed by atoms with Crippen LogP contribution in [0.1, 0.15) is 35.3 Å². The number of ether oxygens (including phenoxy) is 2. The molecule has 0 saturated heterocycles. The summed E-state index contributed by atoms with van der Waals surface area (Å²) in [6.07, 6.45) is 1.05. The first kappa shape index (κ1) is 19.9. The third kappa shape index (κ3) is 5.27. The third-order valence-corrected chi connectivity index (χ3v) is 3.52. The van der Waals surface area contributed by atoms with E-state index in [9.17, 15) is 14.9 Å². The number of hydrogen-bond donors (Lipinski definition) is 1. The van der Waals surface area contributed by atoms with Crippen LogP contribution >= 0.6 is 0 Å². The van der Waals surface area contributed by atoms with Gasteiger partial charge in [0.1, 0.15) is 0 Å². The van der Waals surface area contributed by atoms with Crippen molar-refractivity contribution in [3.63, 3.8) is 0 Å². The maximum absolute atomic E-state index is 12.0. The van der Waals surface area contributed by atoms with Crippen molar-refractivity contribution in [2.75, 3.05) is 7.11 Å². The lowest BCUT2D eigenvalue weighted by Crippen LogP contribution is -2.17. The number of rotatable bonds is 7. The molecule has 8 nitrogen and oxygen atoms in total. The molecule has 1 amide bonds. The number of hydrazone groups is 1. The van der Waals surface area contributed by atoms with Crippen molar-refractivity contribution >= 4 is 17.8 Å². The molecule has 0 heterocycles. The number of nitrogens with one attached hydrogen (secondary N) is 1. The minimum Gasteiger partial charge on any atom is -0.493 e. The van der Waals surface area contributed by atoms with Crippen molar-refractivity contribution in [1.82, 2.24) is 5.43 Å². The first-order valence-corrected chi connectivity index (χ1v) is 8.25. The number of carbonyl (C=O) groups is 1. The number of carbonyl (C=O) groups excluding carboxylic acids is 1. The molecule has 0 spiro atoms. The Bertz CT molecular complexity index is 860. The molecule has 0 aromatic heterocycles. The van der Waals surface area contributed by atoms with E-state index in [0.29, 0.717) is 11.1 Å². The van der Waals surface area contributed by atoms with Crippen molar-refractivity contribution in [3.8, 4) is 11.5 Å². The van der Waals surface area contributed by atoms with Gasteiger partial charge in [0.05, 0.1) is 24.4 Å². The second-order valence-corrected chi connectivity index (χ2v) is 6.06. The zero-order chi connectivity index (χ0) is 20.0. The van der Waals surface area contributed by atoms with Gasteiger partial charge in [-0.25, -0.2) is 5.43 Å². The topological polar surface area (TPSA) is 103 Å². The highest BCUT2D eigenvalue weighted by Crippen LogP contribution is 2.38. The van der Waals surface area contributed by atoms with Crippen LogP contribution in [-0.4, -0.2) is 30.3 Å². The zero-order valence-corrected chi connectivity index (χ0v) is 15.6. The normalized spacial score (nSPS) is 10.9. The Hall–Kier alpha value is -3.42. The van der Waals surface area contributed by atoms with E-state index in [1.165, 1.54) is 19.4 Å². The van der Waals surface area contributed by atoms with Crippen LogP contribution in [-0.2, 0) is 0 Å². The molecule has 0 saturated carbocycles. The van der Waals surface area contributed by atoms with E-state index in [1.54, 1.807) is 32.0 Å². The number of hydrogen-bond acceptors (Lipinski definition) is 6. The van der Waals surface area contributed by atoms with E-state index < -0.39 is 4.92 Å². The molecule has 0 unspecified atom stereocenters. The maximum Gasteiger partial charge on any atom is 0.315 e. The maximum atomic E-state index is 12.0. The van der Waals surface area contributed by atoms with E-state index in [-0.39, 0.29) is 29.2 Å². The monoisotopic (exact) mass is 371 g/mol. The fourth-order valence-corrected chi connectivity index (χ4v) is 2.26. The summed E-state index contributed by atoms with van der Waals surface area (Å²) in [7, 11) is 1.40. The SMILES string of the molecule is COc1cc(/C=N\NC(=O)c2ccc(C)cc2)cc([N+](=O)[O-])c1OC(C)C. The third-order valence-electron chi connectivity index (χ3n) is 3.52. The van der Waals surface area contributed by atoms with E-state index in [4.69, 9.17) is 9.47 Å². The molecule has 0 radical (unpaired) electrons. The number of methoxy groups -OCH3 is 1. The molecular formula is C19H21N3O5. The summed E-state index contributed by atoms with van der Waals surface area (Å²) in [6.45, 7) is 5.45. The summed E-state index contributed by atoms with van der Waals surface area (Å²) in [5.74, 6) is -0.116. The van der Waals surface area contributed by atoms with Gasteiger partial charge in [0, 0.05) is 17.2 Å². The largest absolute Gasteiger partial charge is 0.493 e. The quantitative estimate of drug-likeness (QED) is 0.456. The second kappa shape index (κ2) is 8.79. The van der Waals surface area contributed by atoms with Crippen LogP contribution < -0.4 is 14.9 Å². The average molecular weight is 371 g/mol. The fraction of sp³-hybridized carbons (Fsp3) is 0.263. The standard InChI is InChI=1S/C19H21N3O5/c1-12(2)27-18-16(22(24)25)9-14(10-17(18)26-4)11-20-21-19(23)15-7-5-13(3)6-8-15/h5-12H,1-4H3,(H,21,23)/b20-11-. The van der Waals surface area contributed by atoms with Crippen LogP contribution in [0.4, 0.5) is 5.69 Å². The predicted molar refractivity (Wildman–Crippen MR) is 102 cm³/mol. The molecule has 0 aliphatic carbocycles. The van der Waals surface area contributed by atoms with Gasteiger partial charge in [0.15, 0.2) is 5.75 Å². The molecule has 0 aliphatic rings. The first-order chi connectivity index (χ1) is 12.8. The highest BCUT2D eigenvalue weighted by atomic mass is 16.6. The van der Waals surface area contributed by atoms with Gasteiger partial charge in [0.25, 0.3) is 5.91 Å². The van der Waals surface area contributed by atoms with Crippen LogP contribution in [0.2, 0.25) is 0 Å². The summed E-state index contributed by atoms with van der Waals surface area (Å²) in [5.41, 5.74) is 4.04. The summed E-state index contributed by atoms with van der Waals surface area (Å²) < 4.78 is 10.7. The Kier molecular flexibility index (Phi) is 6.48. The van der Waals surface area contributed by atoms with Crippen LogP contribution in [0, 0.1) is 17.0 Å². The van der Waals surface area contributed by atoms with Gasteiger partial charge < -0.3 is 9.47 Å². The molecule has 27 heavy (non-hydrogen) atoms. The Morgan fingerprint density at radius 3 is 2.48 bits per heavy atom. The van der Waals surface area contributed by atoms with Gasteiger partial charge in [0.2, 0.25) is 5.75 Å². The van der Waals surface area contributed by atoms with Crippen molar-refractivity contribution in [2.45, 2.75) is 26.9 Å². The number of nitro groups is 1. The molecule has 8 heteroatoms. The van der Waals surface area contributed by atoms with Gasteiger partial charge in [-0.05, 0) is 39.0 Å². The number of nitro benzene ring substituents is 1. The Morgan fingerprint density at radius 1 is 1.26 bits per heavy atom. The lowest BCUT2D eigenvalue weighted by atomic mass is 10.1. The molecule has 0 bridgehead atoms. The molecule has 0 aliphatic heterocycles. The molecule has 142 valence electrons. The lowest BCUT2D eigenvalue weighted by Gasteiger charge is -2.14. The predicted octanol–water partition coefficient (Wildman–Crippen LogP) is 3.46. The number of aryl methyl sites for hydroxylation is 1. The average Bonchev–Trinajstić information content (AvgIpc) is 2.62. The highest BCUT2D eigenvalue weighted by molar-refractivity contribution is 5.95. The van der Waals surface area contributed by atoms with E-state index in [2.05, 4.69) is 10.5 Å². The van der Waals surface area contributed by atoms with E-state index in [1.807, 2.05) is 19.1 Å². The summed E-state index contributed by atoms with van der Waals surface area (Å²) in [4.78, 5) is 22.9. The van der Waals surface area contributed by atoms with Crippen LogP contribution in [0.15, 0.2) is 41.5 Å². The number of nitrogens with zero attached hydrogens (tertiary/aromatic N) is 2. The van der Waals surface area contributed by atoms with Gasteiger partial charge in [-0.2, -0.15) is 5.10 Å². The molecule has 2 rings (SSSR count). The Morgan fingerprint density at radius 2 is 1.93 bits per heavy atom. The van der Waals surface area contributed by atoms with Crippen LogP contribution in [0.5, 0.6) is 11.5 Å².